The third-order valence-corrected chi connectivity index (χ3v) is 4.14. The van der Waals surface area contributed by atoms with Crippen molar-refractivity contribution in [2.75, 3.05) is 13.1 Å². The van der Waals surface area contributed by atoms with Crippen LogP contribution in [-0.4, -0.2) is 13.1 Å². The Labute approximate surface area is 107 Å². The van der Waals surface area contributed by atoms with E-state index in [4.69, 9.17) is 23.2 Å². The summed E-state index contributed by atoms with van der Waals surface area (Å²) in [7, 11) is 0. The molecule has 1 aliphatic heterocycles. The lowest BCUT2D eigenvalue weighted by molar-refractivity contribution is -0.913. The summed E-state index contributed by atoms with van der Waals surface area (Å²) in [4.78, 5) is 1.64. The van der Waals surface area contributed by atoms with E-state index in [9.17, 15) is 0 Å². The predicted octanol–water partition coefficient (Wildman–Crippen LogP) is 2.95. The lowest BCUT2D eigenvalue weighted by atomic mass is 10.2. The zero-order chi connectivity index (χ0) is 11.4. The number of benzene rings is 1. The molecule has 1 N–H and O–H groups in total. The Hall–Kier alpha value is -0.240. The van der Waals surface area contributed by atoms with E-state index in [1.165, 1.54) is 44.3 Å². The number of hydrogen-bond acceptors (Lipinski definition) is 0. The average Bonchev–Trinajstić information content (AvgIpc) is 2.53. The maximum Gasteiger partial charge on any atom is 0.104 e. The highest BCUT2D eigenvalue weighted by molar-refractivity contribution is 6.42. The maximum absolute atomic E-state index is 6.21. The van der Waals surface area contributed by atoms with Gasteiger partial charge in [-0.15, -0.1) is 0 Å². The number of rotatable bonds is 2. The van der Waals surface area contributed by atoms with Crippen molar-refractivity contribution in [2.24, 2.45) is 0 Å². The monoisotopic (exact) mass is 258 g/mol. The van der Waals surface area contributed by atoms with E-state index >= 15 is 0 Å². The van der Waals surface area contributed by atoms with E-state index in [-0.39, 0.29) is 0 Å². The summed E-state index contributed by atoms with van der Waals surface area (Å²) in [5.74, 6) is 0. The van der Waals surface area contributed by atoms with Crippen molar-refractivity contribution in [3.63, 3.8) is 0 Å². The molecule has 0 unspecified atom stereocenters. The summed E-state index contributed by atoms with van der Waals surface area (Å²) in [6, 6.07) is 5.93. The Morgan fingerprint density at radius 3 is 2.38 bits per heavy atom. The van der Waals surface area contributed by atoms with Crippen molar-refractivity contribution in [3.05, 3.63) is 33.8 Å². The lowest BCUT2D eigenvalue weighted by Crippen LogP contribution is -3.10. The number of quaternary nitrogens is 1. The maximum atomic E-state index is 6.21. The van der Waals surface area contributed by atoms with Crippen molar-refractivity contribution in [1.82, 2.24) is 0 Å². The molecule has 0 spiro atoms. The highest BCUT2D eigenvalue weighted by Gasteiger charge is 2.15. The third kappa shape index (κ3) is 3.13. The molecule has 0 aromatic heterocycles. The summed E-state index contributed by atoms with van der Waals surface area (Å²) in [5, 5.41) is 1.41. The number of nitrogens with one attached hydrogen (secondary N) is 1. The first-order chi connectivity index (χ1) is 7.77. The molecular formula is C13H18Cl2N+. The van der Waals surface area contributed by atoms with Gasteiger partial charge >= 0.3 is 0 Å². The Morgan fingerprint density at radius 2 is 1.69 bits per heavy atom. The molecule has 3 heteroatoms. The van der Waals surface area contributed by atoms with Crippen molar-refractivity contribution < 1.29 is 4.90 Å². The quantitative estimate of drug-likeness (QED) is 0.832. The molecule has 1 fully saturated rings. The Kier molecular flexibility index (Phi) is 4.51. The molecule has 0 radical (unpaired) electrons. The van der Waals surface area contributed by atoms with Crippen LogP contribution in [-0.2, 0) is 6.54 Å². The van der Waals surface area contributed by atoms with Crippen LogP contribution in [0.2, 0.25) is 10.0 Å². The fourth-order valence-electron chi connectivity index (χ4n) is 2.36. The van der Waals surface area contributed by atoms with Crippen molar-refractivity contribution in [1.29, 1.82) is 0 Å². The van der Waals surface area contributed by atoms with Crippen LogP contribution in [0.3, 0.4) is 0 Å². The van der Waals surface area contributed by atoms with Crippen LogP contribution in [0, 0.1) is 0 Å². The SMILES string of the molecule is Clc1cccc(C[NH+]2CCCCCC2)c1Cl. The van der Waals surface area contributed by atoms with E-state index in [1.807, 2.05) is 12.1 Å². The lowest BCUT2D eigenvalue weighted by Gasteiger charge is -2.17. The Morgan fingerprint density at radius 1 is 1.00 bits per heavy atom. The van der Waals surface area contributed by atoms with Gasteiger partial charge in [-0.05, 0) is 31.7 Å². The van der Waals surface area contributed by atoms with E-state index in [0.29, 0.717) is 5.02 Å². The van der Waals surface area contributed by atoms with Gasteiger partial charge in [0.25, 0.3) is 0 Å². The fraction of sp³-hybridized carbons (Fsp3) is 0.538. The summed E-state index contributed by atoms with van der Waals surface area (Å²) in [6.45, 7) is 3.55. The van der Waals surface area contributed by atoms with Crippen LogP contribution in [0.1, 0.15) is 31.2 Å². The minimum absolute atomic E-state index is 0.674. The van der Waals surface area contributed by atoms with Crippen molar-refractivity contribution in [2.45, 2.75) is 32.2 Å². The van der Waals surface area contributed by atoms with Crippen LogP contribution < -0.4 is 4.90 Å². The molecule has 2 rings (SSSR count). The van der Waals surface area contributed by atoms with Gasteiger partial charge < -0.3 is 4.90 Å². The molecule has 0 aliphatic carbocycles. The molecule has 0 saturated carbocycles. The van der Waals surface area contributed by atoms with E-state index in [0.717, 1.165) is 11.6 Å². The second kappa shape index (κ2) is 5.90. The van der Waals surface area contributed by atoms with Gasteiger partial charge in [0.1, 0.15) is 6.54 Å². The average molecular weight is 259 g/mol. The molecule has 0 amide bonds. The molecule has 1 aromatic carbocycles. The molecular weight excluding hydrogens is 241 g/mol. The molecule has 0 atom stereocenters. The summed E-state index contributed by atoms with van der Waals surface area (Å²) >= 11 is 12.2. The first-order valence-corrected chi connectivity index (χ1v) is 6.79. The summed E-state index contributed by atoms with van der Waals surface area (Å²) < 4.78 is 0. The number of halogens is 2. The highest BCUT2D eigenvalue weighted by atomic mass is 35.5. The zero-order valence-electron chi connectivity index (χ0n) is 9.44. The van der Waals surface area contributed by atoms with Gasteiger partial charge in [-0.25, -0.2) is 0 Å². The van der Waals surface area contributed by atoms with Gasteiger partial charge in [0, 0.05) is 5.56 Å². The van der Waals surface area contributed by atoms with Crippen molar-refractivity contribution in [3.8, 4) is 0 Å². The summed E-state index contributed by atoms with van der Waals surface area (Å²) in [5.41, 5.74) is 1.19. The predicted molar refractivity (Wildman–Crippen MR) is 69.3 cm³/mol. The van der Waals surface area contributed by atoms with Crippen LogP contribution in [0.5, 0.6) is 0 Å². The van der Waals surface area contributed by atoms with Gasteiger partial charge in [-0.1, -0.05) is 35.3 Å². The molecule has 0 bridgehead atoms. The molecule has 16 heavy (non-hydrogen) atoms. The van der Waals surface area contributed by atoms with Crippen LogP contribution >= 0.6 is 23.2 Å². The van der Waals surface area contributed by atoms with Gasteiger partial charge in [0.2, 0.25) is 0 Å². The van der Waals surface area contributed by atoms with E-state index < -0.39 is 0 Å². The Bertz CT molecular complexity index is 344. The first-order valence-electron chi connectivity index (χ1n) is 6.04. The molecule has 88 valence electrons. The molecule has 1 saturated heterocycles. The zero-order valence-corrected chi connectivity index (χ0v) is 10.9. The smallest absolute Gasteiger partial charge is 0.104 e. The molecule has 1 nitrogen and oxygen atoms in total. The normalized spacial score (nSPS) is 18.4. The topological polar surface area (TPSA) is 4.44 Å². The van der Waals surface area contributed by atoms with E-state index in [2.05, 4.69) is 6.07 Å². The molecule has 1 aromatic rings. The largest absolute Gasteiger partial charge is 0.331 e. The highest BCUT2D eigenvalue weighted by Crippen LogP contribution is 2.24. The first kappa shape index (κ1) is 12.2. The van der Waals surface area contributed by atoms with Gasteiger partial charge in [0.05, 0.1) is 23.1 Å². The molecule has 1 heterocycles. The number of likely N-dealkylation sites (tertiary alicyclic amines) is 1. The van der Waals surface area contributed by atoms with Gasteiger partial charge in [-0.2, -0.15) is 0 Å². The van der Waals surface area contributed by atoms with Gasteiger partial charge in [0.15, 0.2) is 0 Å². The van der Waals surface area contributed by atoms with Crippen LogP contribution in [0.15, 0.2) is 18.2 Å². The third-order valence-electron chi connectivity index (χ3n) is 3.28. The van der Waals surface area contributed by atoms with Gasteiger partial charge in [-0.3, -0.25) is 0 Å². The minimum atomic E-state index is 0.674. The molecule has 1 aliphatic rings. The van der Waals surface area contributed by atoms with E-state index in [1.54, 1.807) is 4.90 Å². The second-order valence-corrected chi connectivity index (χ2v) is 5.34. The Balaban J connectivity index is 2.04. The second-order valence-electron chi connectivity index (χ2n) is 4.55. The van der Waals surface area contributed by atoms with Crippen molar-refractivity contribution >= 4 is 23.2 Å². The summed E-state index contributed by atoms with van der Waals surface area (Å²) in [6.07, 6.45) is 5.45. The van der Waals surface area contributed by atoms with Crippen LogP contribution in [0.25, 0.3) is 0 Å². The fourth-order valence-corrected chi connectivity index (χ4v) is 2.75. The standard InChI is InChI=1S/C13H17Cl2N/c14-12-7-5-6-11(13(12)15)10-16-8-3-1-2-4-9-16/h5-7H,1-4,8-10H2/p+1. The minimum Gasteiger partial charge on any atom is -0.331 e. The van der Waals surface area contributed by atoms with Crippen LogP contribution in [0.4, 0.5) is 0 Å². The number of hydrogen-bond donors (Lipinski definition) is 1.